The third-order valence-electron chi connectivity index (χ3n) is 3.01. The molecule has 1 saturated heterocycles. The van der Waals surface area contributed by atoms with Crippen LogP contribution in [-0.4, -0.2) is 42.6 Å². The molecule has 0 aliphatic carbocycles. The van der Waals surface area contributed by atoms with Crippen molar-refractivity contribution in [2.75, 3.05) is 36.9 Å². The van der Waals surface area contributed by atoms with Crippen LogP contribution in [0.15, 0.2) is 6.33 Å². The van der Waals surface area contributed by atoms with Crippen LogP contribution < -0.4 is 15.5 Å². The average Bonchev–Trinajstić information content (AvgIpc) is 2.37. The molecule has 0 radical (unpaired) electrons. The van der Waals surface area contributed by atoms with Crippen molar-refractivity contribution in [1.82, 2.24) is 15.3 Å². The van der Waals surface area contributed by atoms with Crippen LogP contribution in [0.3, 0.4) is 0 Å². The van der Waals surface area contributed by atoms with E-state index in [2.05, 4.69) is 34.4 Å². The third kappa shape index (κ3) is 2.37. The van der Waals surface area contributed by atoms with E-state index in [1.165, 1.54) is 0 Å². The van der Waals surface area contributed by atoms with Crippen LogP contribution in [0.25, 0.3) is 0 Å². The van der Waals surface area contributed by atoms with Gasteiger partial charge in [-0.1, -0.05) is 13.8 Å². The topological polar surface area (TPSA) is 70.2 Å². The van der Waals surface area contributed by atoms with Crippen molar-refractivity contribution in [3.63, 3.8) is 0 Å². The highest BCUT2D eigenvalue weighted by Gasteiger charge is 2.23. The van der Waals surface area contributed by atoms with Crippen molar-refractivity contribution in [2.24, 2.45) is 0 Å². The number of nitrogens with zero attached hydrogens (tertiary/aromatic N) is 3. The van der Waals surface area contributed by atoms with Gasteiger partial charge in [-0.3, -0.25) is 4.79 Å². The first-order valence-electron chi connectivity index (χ1n) is 6.17. The number of carbonyl (C=O) groups excluding carboxylic acids is 1. The van der Waals surface area contributed by atoms with Crippen LogP contribution in [0, 0.1) is 0 Å². The van der Waals surface area contributed by atoms with Gasteiger partial charge < -0.3 is 15.5 Å². The lowest BCUT2D eigenvalue weighted by molar-refractivity contribution is -0.120. The number of anilines is 2. The molecule has 1 aromatic heterocycles. The van der Waals surface area contributed by atoms with Crippen LogP contribution in [0.1, 0.15) is 25.3 Å². The largest absolute Gasteiger partial charge is 0.373 e. The molecule has 1 aliphatic heterocycles. The molecule has 0 atom stereocenters. The summed E-state index contributed by atoms with van der Waals surface area (Å²) in [6, 6.07) is 0. The first-order valence-corrected chi connectivity index (χ1v) is 6.17. The number of aromatic nitrogens is 2. The van der Waals surface area contributed by atoms with E-state index in [-0.39, 0.29) is 5.91 Å². The van der Waals surface area contributed by atoms with E-state index in [1.807, 2.05) is 11.9 Å². The van der Waals surface area contributed by atoms with E-state index in [0.717, 1.165) is 23.7 Å². The van der Waals surface area contributed by atoms with E-state index in [1.54, 1.807) is 6.33 Å². The number of piperazine rings is 1. The standard InChI is InChI=1S/C12H19N5O/c1-8(2)10-11(13-3)15-7-16-12(10)17-5-4-14-9(18)6-17/h7-8H,4-6H2,1-3H3,(H,14,18)(H,13,15,16). The number of hydrogen-bond donors (Lipinski definition) is 2. The van der Waals surface area contributed by atoms with Gasteiger partial charge >= 0.3 is 0 Å². The van der Waals surface area contributed by atoms with Crippen LogP contribution in [0.2, 0.25) is 0 Å². The molecule has 2 rings (SSSR count). The molecule has 2 N–H and O–H groups in total. The molecule has 1 amide bonds. The molecule has 0 aromatic carbocycles. The Morgan fingerprint density at radius 3 is 2.83 bits per heavy atom. The van der Waals surface area contributed by atoms with E-state index in [9.17, 15) is 4.79 Å². The number of carbonyl (C=O) groups is 1. The van der Waals surface area contributed by atoms with Gasteiger partial charge in [0.15, 0.2) is 0 Å². The minimum atomic E-state index is 0.0422. The first kappa shape index (κ1) is 12.6. The Morgan fingerprint density at radius 2 is 2.22 bits per heavy atom. The van der Waals surface area contributed by atoms with Crippen molar-refractivity contribution in [2.45, 2.75) is 19.8 Å². The second kappa shape index (κ2) is 5.20. The molecule has 1 fully saturated rings. The zero-order valence-corrected chi connectivity index (χ0v) is 11.0. The summed E-state index contributed by atoms with van der Waals surface area (Å²) in [5.74, 6) is 2.04. The van der Waals surface area contributed by atoms with Crippen LogP contribution in [-0.2, 0) is 4.79 Å². The van der Waals surface area contributed by atoms with Crippen molar-refractivity contribution in [3.8, 4) is 0 Å². The lowest BCUT2D eigenvalue weighted by Crippen LogP contribution is -2.48. The average molecular weight is 249 g/mol. The quantitative estimate of drug-likeness (QED) is 0.820. The Kier molecular flexibility index (Phi) is 3.64. The highest BCUT2D eigenvalue weighted by Crippen LogP contribution is 2.30. The molecule has 0 saturated carbocycles. The predicted octanol–water partition coefficient (Wildman–Crippen LogP) is 0.578. The summed E-state index contributed by atoms with van der Waals surface area (Å²) in [5.41, 5.74) is 1.06. The second-order valence-corrected chi connectivity index (χ2v) is 4.64. The van der Waals surface area contributed by atoms with Gasteiger partial charge in [-0.2, -0.15) is 0 Å². The van der Waals surface area contributed by atoms with Gasteiger partial charge in [0.25, 0.3) is 0 Å². The molecule has 0 spiro atoms. The minimum Gasteiger partial charge on any atom is -0.373 e. The molecular weight excluding hydrogens is 230 g/mol. The molecule has 0 bridgehead atoms. The summed E-state index contributed by atoms with van der Waals surface area (Å²) >= 11 is 0. The second-order valence-electron chi connectivity index (χ2n) is 4.64. The predicted molar refractivity (Wildman–Crippen MR) is 70.9 cm³/mol. The summed E-state index contributed by atoms with van der Waals surface area (Å²) in [4.78, 5) is 22.1. The van der Waals surface area contributed by atoms with Gasteiger partial charge in [0.1, 0.15) is 18.0 Å². The zero-order valence-electron chi connectivity index (χ0n) is 11.0. The summed E-state index contributed by atoms with van der Waals surface area (Å²) < 4.78 is 0. The molecule has 6 heteroatoms. The number of hydrogen-bond acceptors (Lipinski definition) is 5. The Balaban J connectivity index is 2.39. The Hall–Kier alpha value is -1.85. The molecule has 98 valence electrons. The Bertz CT molecular complexity index is 446. The summed E-state index contributed by atoms with van der Waals surface area (Å²) in [7, 11) is 1.85. The lowest BCUT2D eigenvalue weighted by Gasteiger charge is -2.30. The fraction of sp³-hybridized carbons (Fsp3) is 0.583. The minimum absolute atomic E-state index is 0.0422. The van der Waals surface area contributed by atoms with Gasteiger partial charge in [-0.05, 0) is 5.92 Å². The number of rotatable bonds is 3. The zero-order chi connectivity index (χ0) is 13.1. The fourth-order valence-corrected chi connectivity index (χ4v) is 2.19. The maximum absolute atomic E-state index is 11.5. The Morgan fingerprint density at radius 1 is 1.44 bits per heavy atom. The van der Waals surface area contributed by atoms with Gasteiger partial charge in [0, 0.05) is 25.7 Å². The fourth-order valence-electron chi connectivity index (χ4n) is 2.19. The smallest absolute Gasteiger partial charge is 0.239 e. The molecule has 1 aliphatic rings. The van der Waals surface area contributed by atoms with Crippen molar-refractivity contribution in [3.05, 3.63) is 11.9 Å². The molecular formula is C12H19N5O. The van der Waals surface area contributed by atoms with E-state index >= 15 is 0 Å². The van der Waals surface area contributed by atoms with Crippen molar-refractivity contribution < 1.29 is 4.79 Å². The van der Waals surface area contributed by atoms with E-state index < -0.39 is 0 Å². The van der Waals surface area contributed by atoms with E-state index in [4.69, 9.17) is 0 Å². The molecule has 1 aromatic rings. The summed E-state index contributed by atoms with van der Waals surface area (Å²) in [6.45, 7) is 6.01. The van der Waals surface area contributed by atoms with Gasteiger partial charge in [0.05, 0.1) is 6.54 Å². The number of nitrogens with one attached hydrogen (secondary N) is 2. The molecule has 0 unspecified atom stereocenters. The monoisotopic (exact) mass is 249 g/mol. The van der Waals surface area contributed by atoms with Crippen LogP contribution >= 0.6 is 0 Å². The van der Waals surface area contributed by atoms with E-state index in [0.29, 0.717) is 19.0 Å². The maximum Gasteiger partial charge on any atom is 0.239 e. The molecule has 6 nitrogen and oxygen atoms in total. The maximum atomic E-state index is 11.5. The van der Waals surface area contributed by atoms with Gasteiger partial charge in [0.2, 0.25) is 5.91 Å². The first-order chi connectivity index (χ1) is 8.63. The van der Waals surface area contributed by atoms with Crippen LogP contribution in [0.5, 0.6) is 0 Å². The number of amides is 1. The summed E-state index contributed by atoms with van der Waals surface area (Å²) in [6.07, 6.45) is 1.54. The SMILES string of the molecule is CNc1ncnc(N2CCNC(=O)C2)c1C(C)C. The van der Waals surface area contributed by atoms with Gasteiger partial charge in [-0.25, -0.2) is 9.97 Å². The highest BCUT2D eigenvalue weighted by atomic mass is 16.2. The molecule has 18 heavy (non-hydrogen) atoms. The molecule has 2 heterocycles. The third-order valence-corrected chi connectivity index (χ3v) is 3.01. The van der Waals surface area contributed by atoms with Crippen LogP contribution in [0.4, 0.5) is 11.6 Å². The lowest BCUT2D eigenvalue weighted by atomic mass is 10.0. The van der Waals surface area contributed by atoms with Crippen molar-refractivity contribution >= 4 is 17.5 Å². The summed E-state index contributed by atoms with van der Waals surface area (Å²) in [5, 5.41) is 5.91. The Labute approximate surface area is 107 Å². The van der Waals surface area contributed by atoms with Gasteiger partial charge in [-0.15, -0.1) is 0 Å². The van der Waals surface area contributed by atoms with Crippen molar-refractivity contribution in [1.29, 1.82) is 0 Å². The normalized spacial score (nSPS) is 15.8. The highest BCUT2D eigenvalue weighted by molar-refractivity contribution is 5.82.